The molecule has 1 aromatic heterocycles. The van der Waals surface area contributed by atoms with Crippen molar-refractivity contribution in [1.82, 2.24) is 9.88 Å². The Balaban J connectivity index is 1.82. The Bertz CT molecular complexity index is 281. The summed E-state index contributed by atoms with van der Waals surface area (Å²) in [5.74, 6) is 0.415. The minimum atomic E-state index is 0.100. The summed E-state index contributed by atoms with van der Waals surface area (Å²) >= 11 is 0. The monoisotopic (exact) mass is 205 g/mol. The van der Waals surface area contributed by atoms with Crippen LogP contribution in [0.25, 0.3) is 0 Å². The molecule has 1 saturated heterocycles. The van der Waals surface area contributed by atoms with Gasteiger partial charge in [0.15, 0.2) is 0 Å². The van der Waals surface area contributed by atoms with E-state index in [4.69, 9.17) is 0 Å². The van der Waals surface area contributed by atoms with E-state index < -0.39 is 0 Å². The van der Waals surface area contributed by atoms with Gasteiger partial charge in [-0.25, -0.2) is 5.11 Å². The van der Waals surface area contributed by atoms with Crippen LogP contribution in [-0.4, -0.2) is 29.6 Å². The number of likely N-dealkylation sites (tertiary alicyclic amines) is 1. The molecule has 0 atom stereocenters. The fraction of sp³-hybridized carbons (Fsp3) is 0.583. The van der Waals surface area contributed by atoms with Crippen molar-refractivity contribution in [3.63, 3.8) is 0 Å². The molecule has 1 fully saturated rings. The molecule has 0 aliphatic carbocycles. The Morgan fingerprint density at radius 2 is 1.93 bits per heavy atom. The fourth-order valence-electron chi connectivity index (χ4n) is 2.06. The molecule has 15 heavy (non-hydrogen) atoms. The third-order valence-electron chi connectivity index (χ3n) is 3.10. The maximum absolute atomic E-state index is 10.7. The second-order valence-corrected chi connectivity index (χ2v) is 4.24. The Hall–Kier alpha value is -0.930. The number of hydrogen-bond acceptors (Lipinski definition) is 2. The third-order valence-corrected chi connectivity index (χ3v) is 3.10. The second kappa shape index (κ2) is 5.24. The summed E-state index contributed by atoms with van der Waals surface area (Å²) in [6.07, 6.45) is 5.79. The maximum atomic E-state index is 10.7. The molecule has 81 valence electrons. The lowest BCUT2D eigenvalue weighted by Crippen LogP contribution is -2.34. The van der Waals surface area contributed by atoms with Crippen molar-refractivity contribution in [2.24, 2.45) is 5.92 Å². The Morgan fingerprint density at radius 3 is 2.53 bits per heavy atom. The summed E-state index contributed by atoms with van der Waals surface area (Å²) in [5.41, 5.74) is 1.31. The van der Waals surface area contributed by atoms with Crippen LogP contribution in [0.3, 0.4) is 0 Å². The molecule has 3 nitrogen and oxygen atoms in total. The van der Waals surface area contributed by atoms with E-state index in [-0.39, 0.29) is 6.61 Å². The summed E-state index contributed by atoms with van der Waals surface area (Å²) in [6, 6.07) is 4.11. The van der Waals surface area contributed by atoms with Crippen LogP contribution in [0.4, 0.5) is 0 Å². The van der Waals surface area contributed by atoms with E-state index >= 15 is 0 Å². The number of hydrogen-bond donors (Lipinski definition) is 0. The van der Waals surface area contributed by atoms with Crippen LogP contribution in [-0.2, 0) is 11.7 Å². The SMILES string of the molecule is [O]CC1CCN(Cc2ccncc2)CC1. The standard InChI is InChI=1S/C12H17N2O/c15-10-12-3-7-14(8-4-12)9-11-1-5-13-6-2-11/h1-2,5-6,12H,3-4,7-10H2. The van der Waals surface area contributed by atoms with E-state index in [1.54, 1.807) is 0 Å². The van der Waals surface area contributed by atoms with Crippen LogP contribution in [0.1, 0.15) is 18.4 Å². The molecule has 0 unspecified atom stereocenters. The van der Waals surface area contributed by atoms with Crippen LogP contribution in [0.15, 0.2) is 24.5 Å². The van der Waals surface area contributed by atoms with Crippen LogP contribution in [0.5, 0.6) is 0 Å². The van der Waals surface area contributed by atoms with Crippen molar-refractivity contribution in [2.45, 2.75) is 19.4 Å². The first-order valence-electron chi connectivity index (χ1n) is 5.58. The summed E-state index contributed by atoms with van der Waals surface area (Å²) in [5, 5.41) is 10.7. The van der Waals surface area contributed by atoms with Gasteiger partial charge >= 0.3 is 0 Å². The smallest absolute Gasteiger partial charge is 0.0851 e. The topological polar surface area (TPSA) is 36.0 Å². The lowest BCUT2D eigenvalue weighted by atomic mass is 9.97. The number of aromatic nitrogens is 1. The number of pyridine rings is 1. The second-order valence-electron chi connectivity index (χ2n) is 4.24. The molecular formula is C12H17N2O. The van der Waals surface area contributed by atoms with Gasteiger partial charge in [-0.2, -0.15) is 0 Å². The lowest BCUT2D eigenvalue weighted by Gasteiger charge is -2.30. The number of nitrogens with zero attached hydrogens (tertiary/aromatic N) is 2. The largest absolute Gasteiger partial charge is 0.299 e. The van der Waals surface area contributed by atoms with Crippen molar-refractivity contribution in [3.05, 3.63) is 30.1 Å². The molecule has 1 aliphatic rings. The summed E-state index contributed by atoms with van der Waals surface area (Å²) < 4.78 is 0. The zero-order valence-corrected chi connectivity index (χ0v) is 8.93. The number of piperidine rings is 1. The first-order valence-corrected chi connectivity index (χ1v) is 5.58. The first kappa shape index (κ1) is 10.6. The predicted octanol–water partition coefficient (Wildman–Crippen LogP) is 1.72. The Labute approximate surface area is 90.8 Å². The van der Waals surface area contributed by atoms with Gasteiger partial charge in [0, 0.05) is 18.9 Å². The molecule has 1 aliphatic heterocycles. The molecule has 0 saturated carbocycles. The van der Waals surface area contributed by atoms with Crippen molar-refractivity contribution in [1.29, 1.82) is 0 Å². The fourth-order valence-corrected chi connectivity index (χ4v) is 2.06. The highest BCUT2D eigenvalue weighted by molar-refractivity contribution is 5.09. The highest BCUT2D eigenvalue weighted by Gasteiger charge is 2.18. The zero-order valence-electron chi connectivity index (χ0n) is 8.93. The minimum absolute atomic E-state index is 0.100. The molecule has 2 heterocycles. The molecule has 0 aromatic carbocycles. The van der Waals surface area contributed by atoms with Gasteiger partial charge in [0.2, 0.25) is 0 Å². The van der Waals surface area contributed by atoms with Crippen LogP contribution < -0.4 is 0 Å². The van der Waals surface area contributed by atoms with Gasteiger partial charge in [-0.15, -0.1) is 0 Å². The third kappa shape index (κ3) is 3.01. The van der Waals surface area contributed by atoms with Gasteiger partial charge in [0.1, 0.15) is 0 Å². The first-order chi connectivity index (χ1) is 7.38. The van der Waals surface area contributed by atoms with Gasteiger partial charge in [-0.3, -0.25) is 9.88 Å². The lowest BCUT2D eigenvalue weighted by molar-refractivity contribution is 0.0889. The predicted molar refractivity (Wildman–Crippen MR) is 57.8 cm³/mol. The van der Waals surface area contributed by atoms with Crippen molar-refractivity contribution in [3.8, 4) is 0 Å². The Kier molecular flexibility index (Phi) is 3.69. The van der Waals surface area contributed by atoms with Crippen molar-refractivity contribution < 1.29 is 5.11 Å². The van der Waals surface area contributed by atoms with E-state index in [9.17, 15) is 5.11 Å². The van der Waals surface area contributed by atoms with Crippen LogP contribution >= 0.6 is 0 Å². The van der Waals surface area contributed by atoms with Gasteiger partial charge < -0.3 is 0 Å². The molecule has 1 aromatic rings. The quantitative estimate of drug-likeness (QED) is 0.753. The molecular weight excluding hydrogens is 188 g/mol. The average Bonchev–Trinajstić information content (AvgIpc) is 2.31. The molecule has 0 bridgehead atoms. The van der Waals surface area contributed by atoms with E-state index in [0.717, 1.165) is 32.5 Å². The van der Waals surface area contributed by atoms with E-state index in [2.05, 4.69) is 22.0 Å². The van der Waals surface area contributed by atoms with Gasteiger partial charge in [0.05, 0.1) is 6.61 Å². The van der Waals surface area contributed by atoms with Gasteiger partial charge in [-0.05, 0) is 49.5 Å². The molecule has 3 heteroatoms. The van der Waals surface area contributed by atoms with E-state index in [1.807, 2.05) is 12.4 Å². The molecule has 2 rings (SSSR count). The Morgan fingerprint density at radius 1 is 1.27 bits per heavy atom. The molecule has 0 spiro atoms. The summed E-state index contributed by atoms with van der Waals surface area (Å²) in [7, 11) is 0. The maximum Gasteiger partial charge on any atom is 0.0851 e. The molecule has 0 amide bonds. The van der Waals surface area contributed by atoms with Crippen LogP contribution in [0, 0.1) is 5.92 Å². The molecule has 0 N–H and O–H groups in total. The van der Waals surface area contributed by atoms with Crippen molar-refractivity contribution >= 4 is 0 Å². The average molecular weight is 205 g/mol. The van der Waals surface area contributed by atoms with Crippen molar-refractivity contribution in [2.75, 3.05) is 19.7 Å². The zero-order chi connectivity index (χ0) is 10.5. The van der Waals surface area contributed by atoms with Gasteiger partial charge in [0.25, 0.3) is 0 Å². The van der Waals surface area contributed by atoms with Crippen LogP contribution in [0.2, 0.25) is 0 Å². The number of rotatable bonds is 3. The van der Waals surface area contributed by atoms with E-state index in [1.165, 1.54) is 5.56 Å². The minimum Gasteiger partial charge on any atom is -0.299 e. The normalized spacial score (nSPS) is 19.3. The van der Waals surface area contributed by atoms with Gasteiger partial charge in [-0.1, -0.05) is 0 Å². The summed E-state index contributed by atoms with van der Waals surface area (Å²) in [4.78, 5) is 6.42. The molecule has 1 radical (unpaired) electrons. The highest BCUT2D eigenvalue weighted by atomic mass is 16.3. The summed E-state index contributed by atoms with van der Waals surface area (Å²) in [6.45, 7) is 3.22. The highest BCUT2D eigenvalue weighted by Crippen LogP contribution is 2.18. The van der Waals surface area contributed by atoms with E-state index in [0.29, 0.717) is 5.92 Å².